The highest BCUT2D eigenvalue weighted by molar-refractivity contribution is 7.89. The average molecular weight is 379 g/mol. The minimum Gasteiger partial charge on any atom is -0.378 e. The van der Waals surface area contributed by atoms with Gasteiger partial charge in [-0.3, -0.25) is 0 Å². The first-order chi connectivity index (χ1) is 12.6. The van der Waals surface area contributed by atoms with Gasteiger partial charge in [-0.05, 0) is 31.9 Å². The van der Waals surface area contributed by atoms with Crippen LogP contribution in [-0.2, 0) is 14.8 Å². The second kappa shape index (κ2) is 7.13. The first-order valence-corrected chi connectivity index (χ1v) is 10.8. The topological polar surface area (TPSA) is 80.0 Å². The number of pyridine rings is 1. The van der Waals surface area contributed by atoms with E-state index in [9.17, 15) is 8.42 Å². The van der Waals surface area contributed by atoms with Crippen LogP contribution in [0, 0.1) is 0 Å². The molecule has 0 N–H and O–H groups in total. The lowest BCUT2D eigenvalue weighted by Gasteiger charge is -2.29. The van der Waals surface area contributed by atoms with Gasteiger partial charge in [0.05, 0.1) is 30.9 Å². The molecule has 4 rings (SSSR count). The second-order valence-electron chi connectivity index (χ2n) is 6.83. The Morgan fingerprint density at radius 2 is 1.88 bits per heavy atom. The molecule has 2 aromatic rings. The fourth-order valence-corrected chi connectivity index (χ4v) is 4.78. The molecule has 2 aromatic heterocycles. The highest BCUT2D eigenvalue weighted by Gasteiger charge is 2.29. The molecule has 142 valence electrons. The van der Waals surface area contributed by atoms with Gasteiger partial charge in [0.15, 0.2) is 11.5 Å². The molecule has 2 aliphatic heterocycles. The zero-order valence-electron chi connectivity index (χ0n) is 15.0. The zero-order chi connectivity index (χ0) is 18.1. The SMILES string of the molecule is CCS(=O)(=O)N1CCC(c2nc3ccc(N4CCOCC4)cn3n2)CC1. The van der Waals surface area contributed by atoms with Crippen molar-refractivity contribution >= 4 is 21.4 Å². The van der Waals surface area contributed by atoms with Crippen molar-refractivity contribution in [2.45, 2.75) is 25.7 Å². The molecule has 0 spiro atoms. The molecule has 9 heteroatoms. The maximum Gasteiger partial charge on any atom is 0.213 e. The van der Waals surface area contributed by atoms with Crippen molar-refractivity contribution in [3.8, 4) is 0 Å². The Bertz CT molecular complexity index is 868. The predicted molar refractivity (Wildman–Crippen MR) is 99.0 cm³/mol. The number of ether oxygens (including phenoxy) is 1. The van der Waals surface area contributed by atoms with Gasteiger partial charge in [0, 0.05) is 32.1 Å². The summed E-state index contributed by atoms with van der Waals surface area (Å²) in [5.74, 6) is 1.19. The third-order valence-corrected chi connectivity index (χ3v) is 7.17. The van der Waals surface area contributed by atoms with Crippen LogP contribution in [0.5, 0.6) is 0 Å². The van der Waals surface area contributed by atoms with Crippen LogP contribution in [0.25, 0.3) is 5.65 Å². The average Bonchev–Trinajstić information content (AvgIpc) is 3.12. The summed E-state index contributed by atoms with van der Waals surface area (Å²) >= 11 is 0. The van der Waals surface area contributed by atoms with Crippen LogP contribution in [0.1, 0.15) is 31.5 Å². The van der Waals surface area contributed by atoms with Gasteiger partial charge in [-0.25, -0.2) is 22.2 Å². The third kappa shape index (κ3) is 3.43. The molecule has 0 bridgehead atoms. The van der Waals surface area contributed by atoms with Gasteiger partial charge < -0.3 is 9.64 Å². The van der Waals surface area contributed by atoms with E-state index < -0.39 is 10.0 Å². The number of anilines is 1. The number of piperidine rings is 1. The fourth-order valence-electron chi connectivity index (χ4n) is 3.65. The van der Waals surface area contributed by atoms with E-state index in [4.69, 9.17) is 4.74 Å². The lowest BCUT2D eigenvalue weighted by atomic mass is 9.98. The third-order valence-electron chi connectivity index (χ3n) is 5.29. The van der Waals surface area contributed by atoms with Crippen LogP contribution in [0.3, 0.4) is 0 Å². The molecule has 0 radical (unpaired) electrons. The maximum atomic E-state index is 12.0. The quantitative estimate of drug-likeness (QED) is 0.791. The molecular formula is C17H25N5O3S. The van der Waals surface area contributed by atoms with Crippen LogP contribution in [-0.4, -0.2) is 72.5 Å². The molecule has 8 nitrogen and oxygen atoms in total. The van der Waals surface area contributed by atoms with E-state index in [0.717, 1.165) is 56.3 Å². The molecule has 2 aliphatic rings. The lowest BCUT2D eigenvalue weighted by Crippen LogP contribution is -2.38. The van der Waals surface area contributed by atoms with Gasteiger partial charge in [0.2, 0.25) is 10.0 Å². The Morgan fingerprint density at radius 3 is 2.58 bits per heavy atom. The molecule has 2 saturated heterocycles. The monoisotopic (exact) mass is 379 g/mol. The molecule has 2 fully saturated rings. The molecule has 0 unspecified atom stereocenters. The van der Waals surface area contributed by atoms with Gasteiger partial charge in [0.25, 0.3) is 0 Å². The first-order valence-electron chi connectivity index (χ1n) is 9.23. The van der Waals surface area contributed by atoms with Crippen LogP contribution in [0.15, 0.2) is 18.3 Å². The normalized spacial score (nSPS) is 20.7. The summed E-state index contributed by atoms with van der Waals surface area (Å²) in [4.78, 5) is 6.96. The number of morpholine rings is 1. The van der Waals surface area contributed by atoms with Crippen molar-refractivity contribution in [1.82, 2.24) is 18.9 Å². The number of hydrogen-bond acceptors (Lipinski definition) is 6. The van der Waals surface area contributed by atoms with E-state index in [1.54, 1.807) is 11.2 Å². The highest BCUT2D eigenvalue weighted by Crippen LogP contribution is 2.28. The smallest absolute Gasteiger partial charge is 0.213 e. The molecule has 4 heterocycles. The van der Waals surface area contributed by atoms with Gasteiger partial charge in [0.1, 0.15) is 0 Å². The Morgan fingerprint density at radius 1 is 1.15 bits per heavy atom. The maximum absolute atomic E-state index is 12.0. The molecule has 0 amide bonds. The Balaban J connectivity index is 1.49. The van der Waals surface area contributed by atoms with Crippen molar-refractivity contribution in [2.75, 3.05) is 50.0 Å². The lowest BCUT2D eigenvalue weighted by molar-refractivity contribution is 0.122. The van der Waals surface area contributed by atoms with Crippen molar-refractivity contribution in [3.05, 3.63) is 24.2 Å². The Kier molecular flexibility index (Phi) is 4.85. The number of rotatable bonds is 4. The Labute approximate surface area is 153 Å². The van der Waals surface area contributed by atoms with E-state index in [-0.39, 0.29) is 11.7 Å². The van der Waals surface area contributed by atoms with E-state index in [0.29, 0.717) is 13.1 Å². The molecular weight excluding hydrogens is 354 g/mol. The van der Waals surface area contributed by atoms with Crippen LogP contribution < -0.4 is 4.90 Å². The predicted octanol–water partition coefficient (Wildman–Crippen LogP) is 1.09. The summed E-state index contributed by atoms with van der Waals surface area (Å²) < 4.78 is 32.9. The second-order valence-corrected chi connectivity index (χ2v) is 9.09. The summed E-state index contributed by atoms with van der Waals surface area (Å²) in [6.07, 6.45) is 3.56. The van der Waals surface area contributed by atoms with Gasteiger partial charge in [-0.2, -0.15) is 5.10 Å². The van der Waals surface area contributed by atoms with Gasteiger partial charge in [-0.15, -0.1) is 0 Å². The summed E-state index contributed by atoms with van der Waals surface area (Å²) in [6, 6.07) is 4.08. The number of fused-ring (bicyclic) bond motifs is 1. The molecule has 0 aliphatic carbocycles. The van der Waals surface area contributed by atoms with Crippen molar-refractivity contribution in [2.24, 2.45) is 0 Å². The minimum absolute atomic E-state index is 0.161. The van der Waals surface area contributed by atoms with Crippen molar-refractivity contribution < 1.29 is 13.2 Å². The number of nitrogens with zero attached hydrogens (tertiary/aromatic N) is 5. The standard InChI is InChI=1S/C17H25N5O3S/c1-2-26(23,24)21-7-5-14(6-8-21)17-18-16-4-3-15(13-22(16)19-17)20-9-11-25-12-10-20/h3-4,13-14H,2,5-12H2,1H3. The molecule has 0 saturated carbocycles. The van der Waals surface area contributed by atoms with Crippen molar-refractivity contribution in [1.29, 1.82) is 0 Å². The fraction of sp³-hybridized carbons (Fsp3) is 0.647. The number of hydrogen-bond donors (Lipinski definition) is 0. The van der Waals surface area contributed by atoms with E-state index in [1.807, 2.05) is 16.8 Å². The summed E-state index contributed by atoms with van der Waals surface area (Å²) in [6.45, 7) is 6.07. The Hall–Kier alpha value is -1.71. The highest BCUT2D eigenvalue weighted by atomic mass is 32.2. The first kappa shape index (κ1) is 17.7. The minimum atomic E-state index is -3.10. The van der Waals surface area contributed by atoms with Crippen molar-refractivity contribution in [3.63, 3.8) is 0 Å². The van der Waals surface area contributed by atoms with Crippen LogP contribution in [0.2, 0.25) is 0 Å². The van der Waals surface area contributed by atoms with E-state index in [1.165, 1.54) is 0 Å². The summed E-state index contributed by atoms with van der Waals surface area (Å²) in [5.41, 5.74) is 1.96. The van der Waals surface area contributed by atoms with Crippen LogP contribution in [0.4, 0.5) is 5.69 Å². The number of aromatic nitrogens is 3. The van der Waals surface area contributed by atoms with E-state index >= 15 is 0 Å². The summed E-state index contributed by atoms with van der Waals surface area (Å²) in [5, 5.41) is 4.68. The molecule has 0 aromatic carbocycles. The van der Waals surface area contributed by atoms with Crippen LogP contribution >= 0.6 is 0 Å². The zero-order valence-corrected chi connectivity index (χ0v) is 15.9. The van der Waals surface area contributed by atoms with Gasteiger partial charge >= 0.3 is 0 Å². The largest absolute Gasteiger partial charge is 0.378 e. The van der Waals surface area contributed by atoms with Gasteiger partial charge in [-0.1, -0.05) is 0 Å². The summed E-state index contributed by atoms with van der Waals surface area (Å²) in [7, 11) is -3.10. The molecule has 0 atom stereocenters. The number of sulfonamides is 1. The molecule has 26 heavy (non-hydrogen) atoms. The van der Waals surface area contributed by atoms with E-state index in [2.05, 4.69) is 21.0 Å².